The first-order valence-corrected chi connectivity index (χ1v) is 12.9. The Morgan fingerprint density at radius 2 is 1.86 bits per heavy atom. The fraction of sp³-hybridized carbons (Fsp3) is 0.300. The lowest BCUT2D eigenvalue weighted by atomic mass is 9.97. The minimum absolute atomic E-state index is 0.0780. The molecule has 0 spiro atoms. The summed E-state index contributed by atoms with van der Waals surface area (Å²) in [5.41, 5.74) is 12.3. The van der Waals surface area contributed by atoms with Gasteiger partial charge in [-0.2, -0.15) is 0 Å². The average molecular weight is 517 g/mol. The summed E-state index contributed by atoms with van der Waals surface area (Å²) >= 11 is 6.38. The number of anilines is 2. The number of nitrogens with zero attached hydrogens (tertiary/aromatic N) is 3. The van der Waals surface area contributed by atoms with Gasteiger partial charge in [-0.05, 0) is 68.5 Å². The number of benzene rings is 2. The van der Waals surface area contributed by atoms with Gasteiger partial charge in [0, 0.05) is 24.1 Å². The van der Waals surface area contributed by atoms with E-state index in [0.29, 0.717) is 34.4 Å². The predicted octanol–water partition coefficient (Wildman–Crippen LogP) is 5.91. The van der Waals surface area contributed by atoms with Crippen molar-refractivity contribution in [2.24, 2.45) is 10.7 Å². The molecule has 1 aliphatic carbocycles. The summed E-state index contributed by atoms with van der Waals surface area (Å²) in [6.45, 7) is 9.74. The Hall–Kier alpha value is -3.64. The number of carbonyl (C=O) groups is 2. The van der Waals surface area contributed by atoms with Gasteiger partial charge in [-0.15, -0.1) is 0 Å². The molecule has 0 saturated heterocycles. The normalized spacial score (nSPS) is 17.1. The molecule has 0 fully saturated rings. The summed E-state index contributed by atoms with van der Waals surface area (Å²) in [4.78, 5) is 34.0. The van der Waals surface area contributed by atoms with Gasteiger partial charge in [-0.3, -0.25) is 19.5 Å². The number of amides is 1. The van der Waals surface area contributed by atoms with Gasteiger partial charge in [0.15, 0.2) is 5.78 Å². The molecule has 1 aliphatic heterocycles. The SMILES string of the molecule is C=C1N(C)c2ccc(CC)cc2C(=O)N1c1ccc(CC(N=C(N)C2=C(C)CCC=C2Cl)C(C)=O)cc1. The Balaban J connectivity index is 1.58. The van der Waals surface area contributed by atoms with Crippen molar-refractivity contribution < 1.29 is 9.59 Å². The van der Waals surface area contributed by atoms with E-state index in [2.05, 4.69) is 18.5 Å². The first kappa shape index (κ1) is 26.4. The van der Waals surface area contributed by atoms with E-state index in [-0.39, 0.29) is 11.7 Å². The van der Waals surface area contributed by atoms with Crippen LogP contribution < -0.4 is 15.5 Å². The Kier molecular flexibility index (Phi) is 7.69. The molecule has 0 bridgehead atoms. The third-order valence-corrected chi connectivity index (χ3v) is 7.41. The molecule has 6 nitrogen and oxygen atoms in total. The van der Waals surface area contributed by atoms with E-state index in [1.54, 1.807) is 4.90 Å². The van der Waals surface area contributed by atoms with Crippen LogP contribution in [0.25, 0.3) is 0 Å². The van der Waals surface area contributed by atoms with E-state index >= 15 is 0 Å². The third-order valence-electron chi connectivity index (χ3n) is 7.06. The highest BCUT2D eigenvalue weighted by Gasteiger charge is 2.32. The standard InChI is InChI=1S/C30H33ClN4O2/c1-6-21-12-15-27-24(16-21)30(37)35(20(4)34(27)5)23-13-10-22(11-14-23)17-26(19(3)36)33-29(32)28-18(2)8-7-9-25(28)31/h9-16,26H,4,6-8,17H2,1-3,5H3,(H2,32,33). The van der Waals surface area contributed by atoms with Gasteiger partial charge < -0.3 is 10.6 Å². The zero-order chi connectivity index (χ0) is 26.9. The second-order valence-corrected chi connectivity index (χ2v) is 9.99. The molecule has 2 aliphatic rings. The summed E-state index contributed by atoms with van der Waals surface area (Å²) < 4.78 is 0. The number of fused-ring (bicyclic) bond motifs is 1. The molecule has 1 heterocycles. The average Bonchev–Trinajstić information content (AvgIpc) is 2.87. The fourth-order valence-corrected chi connectivity index (χ4v) is 5.13. The van der Waals surface area contributed by atoms with Gasteiger partial charge in [0.05, 0.1) is 16.9 Å². The molecule has 4 rings (SSSR count). The van der Waals surface area contributed by atoms with E-state index in [0.717, 1.165) is 47.2 Å². The lowest BCUT2D eigenvalue weighted by Gasteiger charge is -2.37. The molecule has 7 heteroatoms. The third kappa shape index (κ3) is 5.25. The Morgan fingerprint density at radius 1 is 1.19 bits per heavy atom. The molecule has 192 valence electrons. The minimum Gasteiger partial charge on any atom is -0.383 e. The summed E-state index contributed by atoms with van der Waals surface area (Å²) in [7, 11) is 1.91. The molecular formula is C30H33ClN4O2. The number of halogens is 1. The van der Waals surface area contributed by atoms with Crippen LogP contribution >= 0.6 is 11.6 Å². The van der Waals surface area contributed by atoms with Crippen molar-refractivity contribution in [1.82, 2.24) is 0 Å². The van der Waals surface area contributed by atoms with Gasteiger partial charge in [0.1, 0.15) is 17.7 Å². The van der Waals surface area contributed by atoms with E-state index in [4.69, 9.17) is 17.3 Å². The molecule has 0 radical (unpaired) electrons. The van der Waals surface area contributed by atoms with Crippen LogP contribution in [0.4, 0.5) is 11.4 Å². The van der Waals surface area contributed by atoms with Crippen LogP contribution in [0.2, 0.25) is 0 Å². The number of hydrogen-bond acceptors (Lipinski definition) is 4. The molecule has 1 atom stereocenters. The van der Waals surface area contributed by atoms with Crippen LogP contribution in [0.5, 0.6) is 0 Å². The molecule has 37 heavy (non-hydrogen) atoms. The van der Waals surface area contributed by atoms with Crippen molar-refractivity contribution in [3.05, 3.63) is 93.8 Å². The van der Waals surface area contributed by atoms with Crippen molar-refractivity contribution in [1.29, 1.82) is 0 Å². The highest BCUT2D eigenvalue weighted by molar-refractivity contribution is 6.36. The molecule has 2 aromatic carbocycles. The summed E-state index contributed by atoms with van der Waals surface area (Å²) in [5, 5.41) is 0.584. The lowest BCUT2D eigenvalue weighted by molar-refractivity contribution is -0.118. The number of carbonyl (C=O) groups excluding carboxylic acids is 2. The number of rotatable bonds is 7. The molecular weight excluding hydrogens is 484 g/mol. The maximum Gasteiger partial charge on any atom is 0.266 e. The van der Waals surface area contributed by atoms with Crippen LogP contribution in [-0.4, -0.2) is 30.6 Å². The highest BCUT2D eigenvalue weighted by Crippen LogP contribution is 2.35. The smallest absolute Gasteiger partial charge is 0.266 e. The Labute approximate surface area is 223 Å². The summed E-state index contributed by atoms with van der Waals surface area (Å²) in [6, 6.07) is 12.9. The van der Waals surface area contributed by atoms with E-state index in [1.165, 1.54) is 6.92 Å². The van der Waals surface area contributed by atoms with Crippen molar-refractivity contribution in [2.75, 3.05) is 16.8 Å². The van der Waals surface area contributed by atoms with Gasteiger partial charge in [0.2, 0.25) is 0 Å². The monoisotopic (exact) mass is 516 g/mol. The maximum absolute atomic E-state index is 13.5. The number of amidine groups is 1. The van der Waals surface area contributed by atoms with Crippen molar-refractivity contribution in [3.8, 4) is 0 Å². The predicted molar refractivity (Wildman–Crippen MR) is 152 cm³/mol. The van der Waals surface area contributed by atoms with Crippen LogP contribution in [-0.2, 0) is 17.6 Å². The zero-order valence-electron chi connectivity index (χ0n) is 21.8. The van der Waals surface area contributed by atoms with E-state index in [9.17, 15) is 9.59 Å². The van der Waals surface area contributed by atoms with Gasteiger partial charge >= 0.3 is 0 Å². The number of allylic oxidation sites excluding steroid dienone is 2. The number of hydrogen-bond donors (Lipinski definition) is 1. The second kappa shape index (κ2) is 10.8. The number of nitrogens with two attached hydrogens (primary N) is 1. The number of Topliss-reactive ketones (excluding diaryl/α,β-unsaturated/α-hetero) is 1. The number of ketones is 1. The van der Waals surface area contributed by atoms with E-state index < -0.39 is 6.04 Å². The molecule has 2 aromatic rings. The van der Waals surface area contributed by atoms with Gasteiger partial charge in [0.25, 0.3) is 5.91 Å². The van der Waals surface area contributed by atoms with Crippen molar-refractivity contribution >= 4 is 40.5 Å². The van der Waals surface area contributed by atoms with Crippen LogP contribution in [0.15, 0.2) is 82.1 Å². The Morgan fingerprint density at radius 3 is 2.49 bits per heavy atom. The van der Waals surface area contributed by atoms with Gasteiger partial charge in [-0.1, -0.05) is 55.0 Å². The lowest BCUT2D eigenvalue weighted by Crippen LogP contribution is -2.42. The van der Waals surface area contributed by atoms with Gasteiger partial charge in [-0.25, -0.2) is 0 Å². The first-order valence-electron chi connectivity index (χ1n) is 12.5. The molecule has 0 aromatic heterocycles. The summed E-state index contributed by atoms with van der Waals surface area (Å²) in [6.07, 6.45) is 4.92. The van der Waals surface area contributed by atoms with Crippen LogP contribution in [0, 0.1) is 0 Å². The molecule has 2 N–H and O–H groups in total. The maximum atomic E-state index is 13.5. The summed E-state index contributed by atoms with van der Waals surface area (Å²) in [5.74, 6) is 0.681. The topological polar surface area (TPSA) is 79.0 Å². The number of aliphatic imine (C=N–C) groups is 1. The van der Waals surface area contributed by atoms with E-state index in [1.807, 2.05) is 67.4 Å². The quantitative estimate of drug-likeness (QED) is 0.366. The molecule has 1 amide bonds. The first-order chi connectivity index (χ1) is 17.6. The number of aryl methyl sites for hydroxylation is 1. The fourth-order valence-electron chi connectivity index (χ4n) is 4.76. The van der Waals surface area contributed by atoms with Crippen LogP contribution in [0.3, 0.4) is 0 Å². The highest BCUT2D eigenvalue weighted by atomic mass is 35.5. The van der Waals surface area contributed by atoms with Crippen molar-refractivity contribution in [2.45, 2.75) is 52.5 Å². The molecule has 1 unspecified atom stereocenters. The zero-order valence-corrected chi connectivity index (χ0v) is 22.6. The molecule has 0 saturated carbocycles. The van der Waals surface area contributed by atoms with Crippen molar-refractivity contribution in [3.63, 3.8) is 0 Å². The second-order valence-electron chi connectivity index (χ2n) is 9.58. The Bertz CT molecular complexity index is 1350. The minimum atomic E-state index is -0.630. The van der Waals surface area contributed by atoms with Crippen LogP contribution in [0.1, 0.15) is 55.1 Å². The largest absolute Gasteiger partial charge is 0.383 e.